The van der Waals surface area contributed by atoms with Crippen LogP contribution in [0.15, 0.2) is 43.0 Å². The Morgan fingerprint density at radius 3 is 1.76 bits per heavy atom. The first kappa shape index (κ1) is 59.4. The predicted molar refractivity (Wildman–Crippen MR) is 292 cm³/mol. The number of ketones is 3. The van der Waals surface area contributed by atoms with E-state index in [2.05, 4.69) is 51.8 Å². The van der Waals surface area contributed by atoms with E-state index < -0.39 is 119 Å². The lowest BCUT2D eigenvalue weighted by Gasteiger charge is -2.43. The van der Waals surface area contributed by atoms with Crippen molar-refractivity contribution in [3.05, 3.63) is 99.7 Å². The Kier molecular flexibility index (Phi) is 16.7. The molecule has 0 radical (unpaired) electrons. The van der Waals surface area contributed by atoms with Crippen molar-refractivity contribution in [3.63, 3.8) is 0 Å². The summed E-state index contributed by atoms with van der Waals surface area (Å²) < 4.78 is 23.2. The van der Waals surface area contributed by atoms with E-state index in [-0.39, 0.29) is 107 Å². The van der Waals surface area contributed by atoms with Gasteiger partial charge in [0.05, 0.1) is 48.7 Å². The van der Waals surface area contributed by atoms with Crippen molar-refractivity contribution in [2.45, 2.75) is 62.4 Å². The molecule has 1 unspecified atom stereocenters. The number of Topliss-reactive ketones (excluding diaryl/α,β-unsaturated/α-hetero) is 1. The van der Waals surface area contributed by atoms with Gasteiger partial charge in [-0.2, -0.15) is 0 Å². The van der Waals surface area contributed by atoms with Crippen LogP contribution in [0.2, 0.25) is 0 Å². The summed E-state index contributed by atoms with van der Waals surface area (Å²) in [4.78, 5) is 125. The molecule has 5 heterocycles. The van der Waals surface area contributed by atoms with Gasteiger partial charge in [-0.05, 0) is 27.1 Å². The number of aliphatic hydroxyl groups excluding tert-OH is 2. The molecule has 4 aromatic heterocycles. The number of imidazole rings is 4. The maximum absolute atomic E-state index is 14.1. The van der Waals surface area contributed by atoms with Crippen molar-refractivity contribution >= 4 is 70.2 Å². The lowest BCUT2D eigenvalue weighted by Crippen LogP contribution is -2.55. The van der Waals surface area contributed by atoms with Crippen molar-refractivity contribution < 1.29 is 78.1 Å². The fraction of sp³-hybridized carbons (Fsp3) is 0.396. The number of nitrogens with zero attached hydrogens (tertiary/aromatic N) is 9. The van der Waals surface area contributed by atoms with Crippen LogP contribution in [0.4, 0.5) is 23.3 Å². The molecule has 0 bridgehead atoms. The standard InChI is InChI=1S/C53H61N15O16/c1-23-40(72)26(14-35(83-23)84-28-16-53(81,29(70)22-69)15-25-37(28)44(76)39-38(42(25)74)41(73)24-10-9-11-27(82-8)36(24)43(39)75)54-12-13-55-49(77)45-58-31(18-65(45)4)61-51(79)47-60-33(20-67(47)6)63-52(80)48-59-32(19-68(48)7)62-50(78)46-57-30(17-66(46)5)56-34(71)21-64(2)3/h9-11,17-20,23,26,28,35,40,54,69,72,74,76,81H,12-16,21-22H2,1-8H3,(H,55,77)(H,56,71)(H,61,79)(H,62,78)(H,63,80)/t23-,26-,28-,35?,40+,53-/m0/s1. The van der Waals surface area contributed by atoms with Gasteiger partial charge in [-0.25, -0.2) is 19.9 Å². The van der Waals surface area contributed by atoms with E-state index in [1.54, 1.807) is 33.0 Å². The number of hydrogen-bond donors (Lipinski definition) is 11. The van der Waals surface area contributed by atoms with Gasteiger partial charge in [0, 0.05) is 108 Å². The normalized spacial score (nSPS) is 19.9. The molecule has 0 saturated carbocycles. The Hall–Kier alpha value is -9.24. The van der Waals surface area contributed by atoms with Crippen LogP contribution in [0.5, 0.6) is 17.2 Å². The van der Waals surface area contributed by atoms with E-state index >= 15 is 0 Å². The summed E-state index contributed by atoms with van der Waals surface area (Å²) in [5.41, 5.74) is -4.21. The van der Waals surface area contributed by atoms with Gasteiger partial charge in [0.1, 0.15) is 29.5 Å². The molecule has 2 aliphatic carbocycles. The summed E-state index contributed by atoms with van der Waals surface area (Å²) in [5, 5.41) is 72.6. The van der Waals surface area contributed by atoms with E-state index in [4.69, 9.17) is 14.2 Å². The van der Waals surface area contributed by atoms with Gasteiger partial charge in [0.25, 0.3) is 23.6 Å². The van der Waals surface area contributed by atoms with Crippen LogP contribution < -0.4 is 36.6 Å². The number of nitrogens with one attached hydrogen (secondary N) is 6. The number of methoxy groups -OCH3 is 1. The minimum Gasteiger partial charge on any atom is -0.507 e. The predicted octanol–water partition coefficient (Wildman–Crippen LogP) is -0.747. The SMILES string of the molecule is COc1cccc2c1C(=O)c1c(O)c3c(c(O)c1C2=O)C[C@@](O)(C(=O)CO)C[C@@H]3OC1C[C@H](NCCNC(=O)c2nc(NC(=O)c3nc(NC(=O)c4nc(NC(=O)c5nc(NC(=O)CN(C)C)cn5C)cn4C)cn3C)cn2C)[C@H](O)[C@H](C)O1. The molecule has 1 aliphatic heterocycles. The number of aryl methyl sites for hydroxylation is 4. The molecule has 31 heteroatoms. The smallest absolute Gasteiger partial charge is 0.292 e. The van der Waals surface area contributed by atoms with Crippen LogP contribution in [0.3, 0.4) is 0 Å². The number of carbonyl (C=O) groups excluding carboxylic acids is 8. The largest absolute Gasteiger partial charge is 0.507 e. The van der Waals surface area contributed by atoms with Gasteiger partial charge in [0.15, 0.2) is 41.1 Å². The number of rotatable bonds is 19. The highest BCUT2D eigenvalue weighted by molar-refractivity contribution is 6.31. The van der Waals surface area contributed by atoms with E-state index in [1.807, 2.05) is 0 Å². The Bertz CT molecular complexity index is 3670. The van der Waals surface area contributed by atoms with Crippen LogP contribution in [0.1, 0.15) is 111 Å². The Labute approximate surface area is 477 Å². The number of anilines is 4. The molecule has 444 valence electrons. The van der Waals surface area contributed by atoms with Crippen molar-refractivity contribution in [2.24, 2.45) is 28.2 Å². The fourth-order valence-corrected chi connectivity index (χ4v) is 10.4. The summed E-state index contributed by atoms with van der Waals surface area (Å²) in [7, 11) is 10.9. The first-order valence-corrected chi connectivity index (χ1v) is 26.1. The zero-order valence-electron chi connectivity index (χ0n) is 46.6. The van der Waals surface area contributed by atoms with Crippen molar-refractivity contribution in [2.75, 3.05) is 68.7 Å². The number of benzene rings is 2. The van der Waals surface area contributed by atoms with Crippen LogP contribution in [0.25, 0.3) is 0 Å². The molecule has 2 aromatic carbocycles. The molecule has 0 spiro atoms. The lowest BCUT2D eigenvalue weighted by molar-refractivity contribution is -0.249. The van der Waals surface area contributed by atoms with E-state index in [9.17, 15) is 63.9 Å². The van der Waals surface area contributed by atoms with Crippen molar-refractivity contribution in [1.29, 1.82) is 0 Å². The second-order valence-electron chi connectivity index (χ2n) is 20.7. The van der Waals surface area contributed by atoms with Crippen molar-refractivity contribution in [3.8, 4) is 17.2 Å². The number of fused-ring (bicyclic) bond motifs is 3. The molecule has 1 saturated heterocycles. The lowest BCUT2D eigenvalue weighted by atomic mass is 9.72. The molecule has 6 aromatic rings. The molecular weight excluding hydrogens is 1100 g/mol. The third-order valence-corrected chi connectivity index (χ3v) is 14.3. The van der Waals surface area contributed by atoms with E-state index in [0.29, 0.717) is 0 Å². The average Bonchev–Trinajstić information content (AvgIpc) is 1.04. The van der Waals surface area contributed by atoms with Gasteiger partial charge in [0.2, 0.25) is 35.0 Å². The van der Waals surface area contributed by atoms with E-state index in [0.717, 1.165) is 0 Å². The highest BCUT2D eigenvalue weighted by Crippen LogP contribution is 2.52. The van der Waals surface area contributed by atoms with Gasteiger partial charge in [-0.15, -0.1) is 0 Å². The number of phenols is 2. The molecular formula is C53H61N15O16. The van der Waals surface area contributed by atoms with Gasteiger partial charge >= 0.3 is 0 Å². The number of aromatic hydroxyl groups is 2. The minimum atomic E-state index is -2.38. The fourth-order valence-electron chi connectivity index (χ4n) is 10.4. The average molecular weight is 1160 g/mol. The number of hydrogen-bond acceptors (Lipinski definition) is 22. The molecule has 3 aliphatic rings. The summed E-state index contributed by atoms with van der Waals surface area (Å²) in [5.74, 6) is -7.56. The van der Waals surface area contributed by atoms with Gasteiger partial charge in [-0.1, -0.05) is 12.1 Å². The number of carbonyl (C=O) groups is 8. The van der Waals surface area contributed by atoms with Crippen molar-refractivity contribution in [1.82, 2.24) is 53.7 Å². The highest BCUT2D eigenvalue weighted by atomic mass is 16.7. The minimum absolute atomic E-state index is 0.00983. The number of amides is 5. The van der Waals surface area contributed by atoms with Gasteiger partial charge in [-0.3, -0.25) is 38.4 Å². The second kappa shape index (κ2) is 23.6. The Balaban J connectivity index is 0.794. The van der Waals surface area contributed by atoms with Crippen LogP contribution in [-0.2, 0) is 53.7 Å². The molecule has 11 N–H and O–H groups in total. The van der Waals surface area contributed by atoms with Crippen LogP contribution in [-0.4, -0.2) is 193 Å². The monoisotopic (exact) mass is 1160 g/mol. The number of ether oxygens (including phenoxy) is 3. The van der Waals surface area contributed by atoms with Crippen LogP contribution in [0, 0.1) is 0 Å². The summed E-state index contributed by atoms with van der Waals surface area (Å²) >= 11 is 0. The summed E-state index contributed by atoms with van der Waals surface area (Å²) in [6.07, 6.45) is -0.475. The maximum Gasteiger partial charge on any atom is 0.292 e. The summed E-state index contributed by atoms with van der Waals surface area (Å²) in [6, 6.07) is 3.51. The first-order chi connectivity index (χ1) is 39.8. The first-order valence-electron chi connectivity index (χ1n) is 26.1. The van der Waals surface area contributed by atoms with Gasteiger partial charge < -0.3 is 94.8 Å². The number of phenolic OH excluding ortho intramolecular Hbond substituents is 2. The number of aromatic nitrogens is 8. The zero-order valence-corrected chi connectivity index (χ0v) is 46.6. The molecule has 9 rings (SSSR count). The molecule has 6 atom stereocenters. The molecule has 31 nitrogen and oxygen atoms in total. The summed E-state index contributed by atoms with van der Waals surface area (Å²) in [6.45, 7) is 0.618. The maximum atomic E-state index is 14.1. The van der Waals surface area contributed by atoms with E-state index in [1.165, 1.54) is 89.5 Å². The molecule has 1 fully saturated rings. The quantitative estimate of drug-likeness (QED) is 0.0351. The third kappa shape index (κ3) is 11.6. The highest BCUT2D eigenvalue weighted by Gasteiger charge is 2.50. The topological polar surface area (TPSA) is 412 Å². The number of likely N-dealkylation sites (N-methyl/N-ethyl adjacent to an activating group) is 1. The zero-order chi connectivity index (χ0) is 60.8. The third-order valence-electron chi connectivity index (χ3n) is 14.3. The molecule has 5 amide bonds. The Morgan fingerprint density at radius 1 is 0.738 bits per heavy atom. The molecule has 84 heavy (non-hydrogen) atoms. The Morgan fingerprint density at radius 2 is 1.25 bits per heavy atom. The number of aliphatic hydroxyl groups is 3. The van der Waals surface area contributed by atoms with Crippen LogP contribution >= 0.6 is 0 Å². The second-order valence-corrected chi connectivity index (χ2v) is 20.7.